The second kappa shape index (κ2) is 11.7. The number of carbonyl (C=O) groups excluding carboxylic acids is 2. The molecule has 1 aliphatic heterocycles. The molecule has 0 radical (unpaired) electrons. The maximum atomic E-state index is 12.7. The predicted octanol–water partition coefficient (Wildman–Crippen LogP) is 4.77. The molecule has 1 aliphatic rings. The van der Waals surface area contributed by atoms with Gasteiger partial charge in [-0.1, -0.05) is 24.3 Å². The Labute approximate surface area is 216 Å². The van der Waals surface area contributed by atoms with Crippen LogP contribution in [0.25, 0.3) is 0 Å². The van der Waals surface area contributed by atoms with Crippen molar-refractivity contribution in [3.8, 4) is 11.5 Å². The van der Waals surface area contributed by atoms with Crippen LogP contribution in [0.5, 0.6) is 11.5 Å². The van der Waals surface area contributed by atoms with Crippen molar-refractivity contribution in [2.75, 3.05) is 48.8 Å². The standard InChI is InChI=1S/C28H32N4O5/c1-19-7-12-25(36-3)24(17-19)30-27(34)29-22-8-10-23(11-9-22)31-13-15-32(16-14-31)28(35)37-26-20(2)5-4-6-21(26)18-33/h4-12,17,33H,13-16,18H2,1-3H3,(H2,29,30,34). The van der Waals surface area contributed by atoms with E-state index in [0.717, 1.165) is 16.8 Å². The molecule has 3 aromatic carbocycles. The van der Waals surface area contributed by atoms with Gasteiger partial charge in [-0.2, -0.15) is 0 Å². The summed E-state index contributed by atoms with van der Waals surface area (Å²) < 4.78 is 10.9. The highest BCUT2D eigenvalue weighted by Crippen LogP contribution is 2.27. The third-order valence-electron chi connectivity index (χ3n) is 6.28. The van der Waals surface area contributed by atoms with E-state index in [0.29, 0.717) is 54.6 Å². The van der Waals surface area contributed by atoms with E-state index < -0.39 is 6.09 Å². The Kier molecular flexibility index (Phi) is 8.15. The van der Waals surface area contributed by atoms with Crippen molar-refractivity contribution >= 4 is 29.2 Å². The van der Waals surface area contributed by atoms with Gasteiger partial charge < -0.3 is 35.0 Å². The van der Waals surface area contributed by atoms with E-state index in [1.165, 1.54) is 0 Å². The molecule has 194 valence electrons. The molecule has 0 unspecified atom stereocenters. The minimum atomic E-state index is -0.417. The molecule has 37 heavy (non-hydrogen) atoms. The average molecular weight is 505 g/mol. The highest BCUT2D eigenvalue weighted by molar-refractivity contribution is 6.00. The van der Waals surface area contributed by atoms with Gasteiger partial charge in [-0.05, 0) is 61.4 Å². The third-order valence-corrected chi connectivity index (χ3v) is 6.28. The van der Waals surface area contributed by atoms with Gasteiger partial charge in [0.2, 0.25) is 0 Å². The molecule has 0 aromatic heterocycles. The van der Waals surface area contributed by atoms with Crippen molar-refractivity contribution in [2.45, 2.75) is 20.5 Å². The van der Waals surface area contributed by atoms with Gasteiger partial charge in [-0.3, -0.25) is 0 Å². The second-order valence-electron chi connectivity index (χ2n) is 8.89. The Morgan fingerprint density at radius 3 is 2.35 bits per heavy atom. The molecule has 3 aromatic rings. The van der Waals surface area contributed by atoms with E-state index in [1.807, 2.05) is 68.4 Å². The lowest BCUT2D eigenvalue weighted by Gasteiger charge is -2.35. The van der Waals surface area contributed by atoms with Gasteiger partial charge in [0.05, 0.1) is 19.4 Å². The van der Waals surface area contributed by atoms with E-state index in [9.17, 15) is 14.7 Å². The number of hydrogen-bond acceptors (Lipinski definition) is 6. The van der Waals surface area contributed by atoms with Crippen LogP contribution < -0.4 is 25.0 Å². The first-order valence-electron chi connectivity index (χ1n) is 12.1. The SMILES string of the molecule is COc1ccc(C)cc1NC(=O)Nc1ccc(N2CCN(C(=O)Oc3c(C)cccc3CO)CC2)cc1. The normalized spacial score (nSPS) is 13.2. The smallest absolute Gasteiger partial charge is 0.415 e. The van der Waals surface area contributed by atoms with Gasteiger partial charge in [0.15, 0.2) is 0 Å². The number of benzene rings is 3. The van der Waals surface area contributed by atoms with Crippen LogP contribution in [0, 0.1) is 13.8 Å². The number of methoxy groups -OCH3 is 1. The summed E-state index contributed by atoms with van der Waals surface area (Å²) >= 11 is 0. The molecule has 1 saturated heterocycles. The van der Waals surface area contributed by atoms with Crippen molar-refractivity contribution in [1.29, 1.82) is 0 Å². The molecule has 3 amide bonds. The van der Waals surface area contributed by atoms with Gasteiger partial charge in [0, 0.05) is 43.1 Å². The van der Waals surface area contributed by atoms with E-state index in [2.05, 4.69) is 15.5 Å². The van der Waals surface area contributed by atoms with Crippen molar-refractivity contribution in [3.63, 3.8) is 0 Å². The van der Waals surface area contributed by atoms with Crippen LogP contribution in [0.4, 0.5) is 26.7 Å². The Bertz CT molecular complexity index is 1250. The molecule has 3 N–H and O–H groups in total. The fourth-order valence-corrected chi connectivity index (χ4v) is 4.24. The lowest BCUT2D eigenvalue weighted by Crippen LogP contribution is -2.49. The Morgan fingerprint density at radius 1 is 0.946 bits per heavy atom. The molecular formula is C28H32N4O5. The predicted molar refractivity (Wildman–Crippen MR) is 144 cm³/mol. The van der Waals surface area contributed by atoms with E-state index in [1.54, 1.807) is 18.1 Å². The van der Waals surface area contributed by atoms with Gasteiger partial charge >= 0.3 is 12.1 Å². The largest absolute Gasteiger partial charge is 0.495 e. The van der Waals surface area contributed by atoms with E-state index in [4.69, 9.17) is 9.47 Å². The summed E-state index contributed by atoms with van der Waals surface area (Å²) in [5.74, 6) is 1.01. The van der Waals surface area contributed by atoms with Gasteiger partial charge in [-0.25, -0.2) is 9.59 Å². The molecular weight excluding hydrogens is 472 g/mol. The molecule has 1 fully saturated rings. The number of hydrogen-bond donors (Lipinski definition) is 3. The van der Waals surface area contributed by atoms with Crippen molar-refractivity contribution < 1.29 is 24.2 Å². The minimum absolute atomic E-state index is 0.190. The van der Waals surface area contributed by atoms with Gasteiger partial charge in [0.1, 0.15) is 11.5 Å². The number of nitrogens with one attached hydrogen (secondary N) is 2. The maximum Gasteiger partial charge on any atom is 0.415 e. The molecule has 0 aliphatic carbocycles. The number of urea groups is 1. The number of piperazine rings is 1. The second-order valence-corrected chi connectivity index (χ2v) is 8.89. The fraction of sp³-hybridized carbons (Fsp3) is 0.286. The highest BCUT2D eigenvalue weighted by Gasteiger charge is 2.24. The number of aryl methyl sites for hydroxylation is 2. The first-order valence-corrected chi connectivity index (χ1v) is 12.1. The first-order chi connectivity index (χ1) is 17.9. The molecule has 9 heteroatoms. The number of para-hydroxylation sites is 1. The van der Waals surface area contributed by atoms with Crippen LogP contribution in [0.15, 0.2) is 60.7 Å². The van der Waals surface area contributed by atoms with Crippen LogP contribution in [-0.2, 0) is 6.61 Å². The number of aliphatic hydroxyl groups is 1. The number of aliphatic hydroxyl groups excluding tert-OH is 1. The Morgan fingerprint density at radius 2 is 1.68 bits per heavy atom. The summed E-state index contributed by atoms with van der Waals surface area (Å²) in [6, 6.07) is 18.2. The molecule has 9 nitrogen and oxygen atoms in total. The van der Waals surface area contributed by atoms with E-state index in [-0.39, 0.29) is 12.6 Å². The van der Waals surface area contributed by atoms with Crippen LogP contribution in [-0.4, -0.2) is 55.4 Å². The van der Waals surface area contributed by atoms with Gasteiger partial charge in [-0.15, -0.1) is 0 Å². The topological polar surface area (TPSA) is 103 Å². The Balaban J connectivity index is 1.30. The zero-order valence-corrected chi connectivity index (χ0v) is 21.3. The van der Waals surface area contributed by atoms with Crippen molar-refractivity contribution in [2.24, 2.45) is 0 Å². The monoisotopic (exact) mass is 504 g/mol. The molecule has 4 rings (SSSR count). The van der Waals surface area contributed by atoms with Crippen molar-refractivity contribution in [3.05, 3.63) is 77.4 Å². The van der Waals surface area contributed by atoms with Crippen LogP contribution in [0.1, 0.15) is 16.7 Å². The molecule has 0 saturated carbocycles. The number of rotatable bonds is 6. The lowest BCUT2D eigenvalue weighted by atomic mass is 10.1. The lowest BCUT2D eigenvalue weighted by molar-refractivity contribution is 0.147. The van der Waals surface area contributed by atoms with Gasteiger partial charge in [0.25, 0.3) is 0 Å². The number of ether oxygens (including phenoxy) is 2. The summed E-state index contributed by atoms with van der Waals surface area (Å²) in [4.78, 5) is 29.1. The summed E-state index contributed by atoms with van der Waals surface area (Å²) in [7, 11) is 1.56. The van der Waals surface area contributed by atoms with Crippen LogP contribution >= 0.6 is 0 Å². The van der Waals surface area contributed by atoms with Crippen LogP contribution in [0.2, 0.25) is 0 Å². The Hall–Kier alpha value is -4.24. The zero-order valence-electron chi connectivity index (χ0n) is 21.3. The number of carbonyl (C=O) groups is 2. The molecule has 1 heterocycles. The maximum absolute atomic E-state index is 12.7. The highest BCUT2D eigenvalue weighted by atomic mass is 16.6. The fourth-order valence-electron chi connectivity index (χ4n) is 4.24. The first kappa shape index (κ1) is 25.8. The minimum Gasteiger partial charge on any atom is -0.495 e. The summed E-state index contributed by atoms with van der Waals surface area (Å²) in [5, 5.41) is 15.2. The molecule has 0 atom stereocenters. The number of nitrogens with zero attached hydrogens (tertiary/aromatic N) is 2. The summed E-state index contributed by atoms with van der Waals surface area (Å²) in [5.41, 5.74) is 4.67. The average Bonchev–Trinajstić information content (AvgIpc) is 2.90. The van der Waals surface area contributed by atoms with Crippen molar-refractivity contribution in [1.82, 2.24) is 4.90 Å². The number of amides is 3. The third kappa shape index (κ3) is 6.31. The molecule has 0 spiro atoms. The molecule has 0 bridgehead atoms. The zero-order chi connectivity index (χ0) is 26.4. The number of anilines is 3. The van der Waals surface area contributed by atoms with Crippen LogP contribution in [0.3, 0.4) is 0 Å². The summed E-state index contributed by atoms with van der Waals surface area (Å²) in [6.45, 7) is 5.93. The quantitative estimate of drug-likeness (QED) is 0.447. The summed E-state index contributed by atoms with van der Waals surface area (Å²) in [6.07, 6.45) is -0.417. The van der Waals surface area contributed by atoms with E-state index >= 15 is 0 Å².